The number of morpholine rings is 1. The summed E-state index contributed by atoms with van der Waals surface area (Å²) in [6.45, 7) is 33.8. The van der Waals surface area contributed by atoms with E-state index in [-0.39, 0.29) is 61.1 Å². The summed E-state index contributed by atoms with van der Waals surface area (Å²) < 4.78 is 42.9. The molecule has 2 heterocycles. The van der Waals surface area contributed by atoms with Crippen molar-refractivity contribution < 1.29 is 47.9 Å². The summed E-state index contributed by atoms with van der Waals surface area (Å²) in [6, 6.07) is 15.1. The third kappa shape index (κ3) is 10.2. The number of carbonyl (C=O) groups is 1. The van der Waals surface area contributed by atoms with E-state index in [1.54, 1.807) is 27.0 Å². The normalized spacial score (nSPS) is 18.9. The van der Waals surface area contributed by atoms with Gasteiger partial charge in [0.05, 0.1) is 53.2 Å². The highest BCUT2D eigenvalue weighted by Crippen LogP contribution is 2.53. The summed E-state index contributed by atoms with van der Waals surface area (Å²) >= 11 is 0. The van der Waals surface area contributed by atoms with Crippen molar-refractivity contribution in [1.29, 1.82) is 0 Å². The van der Waals surface area contributed by atoms with Crippen molar-refractivity contribution in [2.45, 2.75) is 115 Å². The number of phenols is 2. The van der Waals surface area contributed by atoms with Gasteiger partial charge in [-0.1, -0.05) is 76.2 Å². The lowest BCUT2D eigenvalue weighted by atomic mass is 9.79. The number of amides is 1. The average Bonchev–Trinajstić information content (AvgIpc) is 3.67. The summed E-state index contributed by atoms with van der Waals surface area (Å²) in [5.41, 5.74) is 7.76. The second-order valence-electron chi connectivity index (χ2n) is 19.7. The summed E-state index contributed by atoms with van der Waals surface area (Å²) in [5, 5.41) is 27.0. The number of methoxy groups -OCH3 is 4. The predicted octanol–water partition coefficient (Wildman–Crippen LogP) is 9.79. The summed E-state index contributed by atoms with van der Waals surface area (Å²) in [4.78, 5) is 27.0. The van der Waals surface area contributed by atoms with E-state index < -0.39 is 38.7 Å². The Balaban J connectivity index is 1.32. The van der Waals surface area contributed by atoms with Crippen molar-refractivity contribution in [3.05, 3.63) is 116 Å². The molecule has 5 atom stereocenters. The Morgan fingerprint density at radius 1 is 0.887 bits per heavy atom. The van der Waals surface area contributed by atoms with Crippen LogP contribution in [0.2, 0.25) is 17.6 Å². The number of nitrogens with zero attached hydrogens (tertiary/aromatic N) is 4. The van der Waals surface area contributed by atoms with Crippen LogP contribution >= 0.6 is 0 Å². The summed E-state index contributed by atoms with van der Waals surface area (Å²) in [6.07, 6.45) is -0.844. The van der Waals surface area contributed by atoms with Crippen LogP contribution in [0.15, 0.2) is 54.6 Å². The van der Waals surface area contributed by atoms with E-state index in [1.165, 1.54) is 21.3 Å². The van der Waals surface area contributed by atoms with Crippen molar-refractivity contribution in [1.82, 2.24) is 15.1 Å². The molecule has 2 aliphatic heterocycles. The van der Waals surface area contributed by atoms with E-state index >= 15 is 0 Å². The minimum atomic E-state index is -2.02. The second kappa shape index (κ2) is 22.6. The number of nitrogens with one attached hydrogen (secondary N) is 1. The van der Waals surface area contributed by atoms with Crippen LogP contribution < -0.4 is 24.3 Å². The molecule has 1 amide bonds. The lowest BCUT2D eigenvalue weighted by Gasteiger charge is -2.46. The number of hydrogen-bond donors (Lipinski definition) is 3. The molecule has 0 saturated carbocycles. The topological polar surface area (TPSA) is 149 Å². The third-order valence-corrected chi connectivity index (χ3v) is 20.9. The van der Waals surface area contributed by atoms with Gasteiger partial charge < -0.3 is 48.4 Å². The fraction of sp³-hybridized carbons (Fsp3) is 0.509. The van der Waals surface area contributed by atoms with Crippen LogP contribution in [0.25, 0.3) is 20.8 Å². The molecule has 4 aromatic carbocycles. The molecular weight excluding hydrogens is 919 g/mol. The molecule has 4 aromatic rings. The highest BCUT2D eigenvalue weighted by Gasteiger charge is 2.52. The lowest BCUT2D eigenvalue weighted by molar-refractivity contribution is -0.0612. The van der Waals surface area contributed by atoms with Gasteiger partial charge in [-0.25, -0.2) is 27.7 Å². The molecule has 15 nitrogen and oxygen atoms in total. The predicted molar refractivity (Wildman–Crippen MR) is 275 cm³/mol. The fourth-order valence-electron chi connectivity index (χ4n) is 11.4. The third-order valence-electron chi connectivity index (χ3n) is 15.4. The Morgan fingerprint density at radius 3 is 2.07 bits per heavy atom. The Kier molecular flexibility index (Phi) is 16.8. The van der Waals surface area contributed by atoms with E-state index in [4.69, 9.17) is 46.0 Å². The standard InChI is InChI=1S/C55H71N5O10Si/c1-32(2)71(13,33(3)4)70-24-22-37-29-59(23-25-68-37)54(57-8)45-28-42-47(49(62)53(67-12)35(6)51(42)65-10)48(60(45)31-56-7)44(26-36-27-46(61)52(66-11)34(5)50(36)64-9)58-55(63)69-30-43-40-20-16-14-18-38(40)39-19-15-17-21-41(39)43/h14-21,27,32-33,37,43-45,48,54,61-62H,22-26,28-31H2,1-6,9-13H3,(H,58,63)/t37-,44?,45?,48?,54-/m0/s1. The number of phenolic OH excluding ortho intramolecular Hbond substituents is 2. The molecule has 7 rings (SSSR count). The van der Waals surface area contributed by atoms with Gasteiger partial charge >= 0.3 is 6.09 Å². The Bertz CT molecular complexity index is 2590. The highest BCUT2D eigenvalue weighted by molar-refractivity contribution is 6.75. The first kappa shape index (κ1) is 52.8. The number of hydrogen-bond acceptors (Lipinski definition) is 12. The molecule has 380 valence electrons. The quantitative estimate of drug-likeness (QED) is 0.0607. The monoisotopic (exact) mass is 989 g/mol. The fourth-order valence-corrected chi connectivity index (χ4v) is 14.0. The number of ether oxygens (including phenoxy) is 6. The van der Waals surface area contributed by atoms with Crippen molar-refractivity contribution in [2.24, 2.45) is 0 Å². The van der Waals surface area contributed by atoms with Gasteiger partial charge in [-0.15, -0.1) is 0 Å². The highest BCUT2D eigenvalue weighted by atomic mass is 28.4. The van der Waals surface area contributed by atoms with Crippen molar-refractivity contribution in [3.63, 3.8) is 0 Å². The van der Waals surface area contributed by atoms with Crippen LogP contribution in [0.1, 0.15) is 85.0 Å². The zero-order valence-electron chi connectivity index (χ0n) is 43.1. The van der Waals surface area contributed by atoms with Gasteiger partial charge in [0.15, 0.2) is 31.3 Å². The SMILES string of the molecule is [C-]#[N+]CN1C(C(Cc2cc(O)c(OC)c(C)c2OC)NC(=O)OCC2c3ccccc3-c3ccccc32)c2c(O)c(OC)c(C)c(OC)c2CC1[C@@H]([N+]#[C-])N1CCO[C@@H](CCO[Si](C)(C(C)C)C(C)C)C1. The van der Waals surface area contributed by atoms with Gasteiger partial charge in [0.2, 0.25) is 0 Å². The molecule has 0 spiro atoms. The zero-order valence-corrected chi connectivity index (χ0v) is 44.1. The summed E-state index contributed by atoms with van der Waals surface area (Å²) in [7, 11) is 3.99. The van der Waals surface area contributed by atoms with E-state index in [1.807, 2.05) is 29.2 Å². The van der Waals surface area contributed by atoms with Gasteiger partial charge in [-0.05, 0) is 72.6 Å². The first-order valence-corrected chi connectivity index (χ1v) is 27.1. The van der Waals surface area contributed by atoms with Crippen LogP contribution in [0.5, 0.6) is 34.5 Å². The van der Waals surface area contributed by atoms with Gasteiger partial charge in [-0.2, -0.15) is 0 Å². The number of alkyl carbamates (subject to hydrolysis) is 1. The lowest BCUT2D eigenvalue weighted by Crippen LogP contribution is -2.61. The molecule has 1 aliphatic carbocycles. The van der Waals surface area contributed by atoms with Gasteiger partial charge in [-0.3, -0.25) is 9.69 Å². The zero-order chi connectivity index (χ0) is 51.3. The van der Waals surface area contributed by atoms with Crippen molar-refractivity contribution in [2.75, 3.05) is 68.0 Å². The second-order valence-corrected chi connectivity index (χ2v) is 24.6. The van der Waals surface area contributed by atoms with Crippen LogP contribution in [0, 0.1) is 27.0 Å². The molecule has 71 heavy (non-hydrogen) atoms. The largest absolute Gasteiger partial charge is 0.504 e. The van der Waals surface area contributed by atoms with E-state index in [2.05, 4.69) is 78.4 Å². The van der Waals surface area contributed by atoms with Gasteiger partial charge in [0.1, 0.15) is 24.1 Å². The number of aromatic hydroxyl groups is 2. The molecule has 0 aromatic heterocycles. The number of rotatable bonds is 19. The Morgan fingerprint density at radius 2 is 1.49 bits per heavy atom. The Labute approximate surface area is 420 Å². The van der Waals surface area contributed by atoms with Crippen molar-refractivity contribution in [3.8, 4) is 45.6 Å². The first-order valence-electron chi connectivity index (χ1n) is 24.5. The minimum absolute atomic E-state index is 0.00629. The smallest absolute Gasteiger partial charge is 0.407 e. The molecule has 3 unspecified atom stereocenters. The molecule has 1 saturated heterocycles. The summed E-state index contributed by atoms with van der Waals surface area (Å²) in [5.74, 6) is 0.748. The maximum atomic E-state index is 14.7. The van der Waals surface area contributed by atoms with E-state index in [0.29, 0.717) is 83.1 Å². The molecule has 0 bridgehead atoms. The Hall–Kier alpha value is -6.01. The van der Waals surface area contributed by atoms with Crippen LogP contribution in [0.4, 0.5) is 4.79 Å². The molecule has 3 aliphatic rings. The average molecular weight is 990 g/mol. The minimum Gasteiger partial charge on any atom is -0.504 e. The maximum Gasteiger partial charge on any atom is 0.407 e. The van der Waals surface area contributed by atoms with Crippen LogP contribution in [-0.2, 0) is 26.7 Å². The molecule has 3 N–H and O–H groups in total. The molecule has 16 heteroatoms. The van der Waals surface area contributed by atoms with Crippen LogP contribution in [0.3, 0.4) is 0 Å². The van der Waals surface area contributed by atoms with Gasteiger partial charge in [0, 0.05) is 59.9 Å². The maximum absolute atomic E-state index is 14.7. The van der Waals surface area contributed by atoms with Crippen LogP contribution in [-0.4, -0.2) is 127 Å². The van der Waals surface area contributed by atoms with E-state index in [9.17, 15) is 15.0 Å². The first-order chi connectivity index (χ1) is 34.1. The number of carbonyl (C=O) groups excluding carboxylic acids is 1. The number of benzene rings is 4. The van der Waals surface area contributed by atoms with Gasteiger partial charge in [0.25, 0.3) is 12.8 Å². The number of fused-ring (bicyclic) bond motifs is 4. The van der Waals surface area contributed by atoms with E-state index in [0.717, 1.165) is 22.3 Å². The molecule has 1 fully saturated rings. The van der Waals surface area contributed by atoms with Crippen molar-refractivity contribution >= 4 is 14.4 Å². The molecular formula is C55H71N5O10Si. The molecule has 0 radical (unpaired) electrons.